The summed E-state index contributed by atoms with van der Waals surface area (Å²) in [6, 6.07) is 3.83. The molecule has 1 atom stereocenters. The Kier molecular flexibility index (Phi) is 5.52. The SMILES string of the molecule is CC(CNC(=O)c1ccc(/C=C/C(=O)O)s1)N1CCCC1. The minimum absolute atomic E-state index is 0.0963. The van der Waals surface area contributed by atoms with Crippen LogP contribution in [0.2, 0.25) is 0 Å². The molecular formula is C15H20N2O3S. The predicted octanol–water partition coefficient (Wildman–Crippen LogP) is 2.06. The number of nitrogens with zero attached hydrogens (tertiary/aromatic N) is 1. The molecule has 2 heterocycles. The third-order valence-electron chi connectivity index (χ3n) is 3.56. The largest absolute Gasteiger partial charge is 0.478 e. The maximum absolute atomic E-state index is 12.1. The Morgan fingerprint density at radius 1 is 1.43 bits per heavy atom. The van der Waals surface area contributed by atoms with Crippen molar-refractivity contribution in [3.63, 3.8) is 0 Å². The van der Waals surface area contributed by atoms with E-state index in [0.717, 1.165) is 24.0 Å². The molecule has 21 heavy (non-hydrogen) atoms. The third-order valence-corrected chi connectivity index (χ3v) is 4.61. The zero-order chi connectivity index (χ0) is 15.2. The van der Waals surface area contributed by atoms with Crippen molar-refractivity contribution in [2.24, 2.45) is 0 Å². The van der Waals surface area contributed by atoms with Crippen LogP contribution in [0.5, 0.6) is 0 Å². The molecule has 0 bridgehead atoms. The first kappa shape index (κ1) is 15.7. The molecule has 0 aromatic carbocycles. The Hall–Kier alpha value is -1.66. The fourth-order valence-electron chi connectivity index (χ4n) is 2.36. The van der Waals surface area contributed by atoms with Crippen molar-refractivity contribution in [2.75, 3.05) is 19.6 Å². The van der Waals surface area contributed by atoms with E-state index in [4.69, 9.17) is 5.11 Å². The fraction of sp³-hybridized carbons (Fsp3) is 0.467. The molecule has 1 amide bonds. The van der Waals surface area contributed by atoms with E-state index in [1.807, 2.05) is 0 Å². The number of carboxylic acid groups (broad SMARTS) is 1. The monoisotopic (exact) mass is 308 g/mol. The second-order valence-corrected chi connectivity index (χ2v) is 6.29. The van der Waals surface area contributed by atoms with Gasteiger partial charge in [-0.05, 0) is 51.1 Å². The van der Waals surface area contributed by atoms with Crippen LogP contribution in [-0.2, 0) is 4.79 Å². The second-order valence-electron chi connectivity index (χ2n) is 5.18. The number of rotatable bonds is 6. The summed E-state index contributed by atoms with van der Waals surface area (Å²) in [6.45, 7) is 4.98. The van der Waals surface area contributed by atoms with E-state index in [1.165, 1.54) is 30.3 Å². The maximum atomic E-state index is 12.1. The van der Waals surface area contributed by atoms with Crippen LogP contribution < -0.4 is 5.32 Å². The molecule has 1 aliphatic rings. The summed E-state index contributed by atoms with van der Waals surface area (Å²) in [5.41, 5.74) is 0. The molecular weight excluding hydrogens is 288 g/mol. The Balaban J connectivity index is 1.84. The molecule has 0 aliphatic carbocycles. The molecule has 1 aromatic heterocycles. The van der Waals surface area contributed by atoms with Gasteiger partial charge in [-0.1, -0.05) is 0 Å². The molecule has 1 aromatic rings. The van der Waals surface area contributed by atoms with Gasteiger partial charge in [-0.3, -0.25) is 9.69 Å². The van der Waals surface area contributed by atoms with Crippen LogP contribution in [0.3, 0.4) is 0 Å². The van der Waals surface area contributed by atoms with Crippen molar-refractivity contribution in [3.8, 4) is 0 Å². The number of nitrogens with one attached hydrogen (secondary N) is 1. The van der Waals surface area contributed by atoms with Gasteiger partial charge in [0.05, 0.1) is 4.88 Å². The third kappa shape index (κ3) is 4.68. The lowest BCUT2D eigenvalue weighted by Gasteiger charge is -2.23. The number of hydrogen-bond donors (Lipinski definition) is 2. The van der Waals surface area contributed by atoms with E-state index in [2.05, 4.69) is 17.1 Å². The average Bonchev–Trinajstić information content (AvgIpc) is 3.12. The lowest BCUT2D eigenvalue weighted by atomic mass is 10.3. The van der Waals surface area contributed by atoms with Gasteiger partial charge in [0.15, 0.2) is 0 Å². The van der Waals surface area contributed by atoms with Gasteiger partial charge < -0.3 is 10.4 Å². The lowest BCUT2D eigenvalue weighted by Crippen LogP contribution is -2.40. The highest BCUT2D eigenvalue weighted by atomic mass is 32.1. The number of aliphatic carboxylic acids is 1. The van der Waals surface area contributed by atoms with E-state index in [-0.39, 0.29) is 5.91 Å². The van der Waals surface area contributed by atoms with Crippen LogP contribution in [0.25, 0.3) is 6.08 Å². The summed E-state index contributed by atoms with van der Waals surface area (Å²) in [6.07, 6.45) is 5.05. The number of hydrogen-bond acceptors (Lipinski definition) is 4. The molecule has 5 nitrogen and oxygen atoms in total. The summed E-state index contributed by atoms with van der Waals surface area (Å²) < 4.78 is 0. The van der Waals surface area contributed by atoms with Crippen LogP contribution in [0.1, 0.15) is 34.3 Å². The zero-order valence-corrected chi connectivity index (χ0v) is 12.9. The van der Waals surface area contributed by atoms with Gasteiger partial charge in [-0.2, -0.15) is 0 Å². The number of thiophene rings is 1. The highest BCUT2D eigenvalue weighted by Crippen LogP contribution is 2.18. The normalized spacial score (nSPS) is 17.2. The maximum Gasteiger partial charge on any atom is 0.328 e. The summed E-state index contributed by atoms with van der Waals surface area (Å²) in [5, 5.41) is 11.5. The molecule has 0 radical (unpaired) electrons. The number of carboxylic acids is 1. The van der Waals surface area contributed by atoms with Crippen molar-refractivity contribution >= 4 is 29.3 Å². The van der Waals surface area contributed by atoms with Crippen LogP contribution in [-0.4, -0.2) is 47.6 Å². The van der Waals surface area contributed by atoms with Crippen molar-refractivity contribution in [1.82, 2.24) is 10.2 Å². The number of amides is 1. The molecule has 1 saturated heterocycles. The Bertz CT molecular complexity index is 533. The van der Waals surface area contributed by atoms with E-state index in [0.29, 0.717) is 17.5 Å². The topological polar surface area (TPSA) is 69.6 Å². The minimum atomic E-state index is -0.992. The van der Waals surface area contributed by atoms with Crippen molar-refractivity contribution < 1.29 is 14.7 Å². The Morgan fingerprint density at radius 3 is 2.81 bits per heavy atom. The van der Waals surface area contributed by atoms with Crippen LogP contribution in [0.4, 0.5) is 0 Å². The number of carbonyl (C=O) groups excluding carboxylic acids is 1. The van der Waals surface area contributed by atoms with Crippen molar-refractivity contribution in [1.29, 1.82) is 0 Å². The van der Waals surface area contributed by atoms with E-state index in [1.54, 1.807) is 12.1 Å². The average molecular weight is 308 g/mol. The van der Waals surface area contributed by atoms with Crippen LogP contribution >= 0.6 is 11.3 Å². The van der Waals surface area contributed by atoms with Gasteiger partial charge in [0, 0.05) is 23.5 Å². The number of carbonyl (C=O) groups is 2. The zero-order valence-electron chi connectivity index (χ0n) is 12.0. The molecule has 2 N–H and O–H groups in total. The first-order valence-corrected chi connectivity index (χ1v) is 7.91. The van der Waals surface area contributed by atoms with Gasteiger partial charge in [0.1, 0.15) is 0 Å². The first-order chi connectivity index (χ1) is 10.1. The smallest absolute Gasteiger partial charge is 0.328 e. The quantitative estimate of drug-likeness (QED) is 0.789. The fourth-order valence-corrected chi connectivity index (χ4v) is 3.18. The van der Waals surface area contributed by atoms with Crippen molar-refractivity contribution in [3.05, 3.63) is 28.0 Å². The molecule has 0 saturated carbocycles. The second kappa shape index (κ2) is 7.38. The summed E-state index contributed by atoms with van der Waals surface area (Å²) in [5.74, 6) is -1.09. The highest BCUT2D eigenvalue weighted by molar-refractivity contribution is 7.14. The summed E-state index contributed by atoms with van der Waals surface area (Å²) in [7, 11) is 0. The Labute approximate surface area is 128 Å². The predicted molar refractivity (Wildman–Crippen MR) is 83.6 cm³/mol. The van der Waals surface area contributed by atoms with E-state index in [9.17, 15) is 9.59 Å². The van der Waals surface area contributed by atoms with Gasteiger partial charge in [0.2, 0.25) is 0 Å². The van der Waals surface area contributed by atoms with E-state index < -0.39 is 5.97 Å². The Morgan fingerprint density at radius 2 is 2.14 bits per heavy atom. The minimum Gasteiger partial charge on any atom is -0.478 e. The molecule has 114 valence electrons. The molecule has 1 fully saturated rings. The lowest BCUT2D eigenvalue weighted by molar-refractivity contribution is -0.131. The summed E-state index contributed by atoms with van der Waals surface area (Å²) >= 11 is 1.29. The van der Waals surface area contributed by atoms with Crippen LogP contribution in [0, 0.1) is 0 Å². The van der Waals surface area contributed by atoms with Gasteiger partial charge in [0.25, 0.3) is 5.91 Å². The van der Waals surface area contributed by atoms with Gasteiger partial charge in [-0.15, -0.1) is 11.3 Å². The highest BCUT2D eigenvalue weighted by Gasteiger charge is 2.18. The molecule has 1 aliphatic heterocycles. The van der Waals surface area contributed by atoms with Crippen LogP contribution in [0.15, 0.2) is 18.2 Å². The molecule has 0 spiro atoms. The molecule has 6 heteroatoms. The summed E-state index contributed by atoms with van der Waals surface area (Å²) in [4.78, 5) is 26.3. The number of likely N-dealkylation sites (tertiary alicyclic amines) is 1. The standard InChI is InChI=1S/C15H20N2O3S/c1-11(17-8-2-3-9-17)10-16-15(20)13-6-4-12(21-13)5-7-14(18)19/h4-7,11H,2-3,8-10H2,1H3,(H,16,20)(H,18,19)/b7-5+. The first-order valence-electron chi connectivity index (χ1n) is 7.09. The van der Waals surface area contributed by atoms with Gasteiger partial charge >= 0.3 is 5.97 Å². The molecule has 1 unspecified atom stereocenters. The molecule has 2 rings (SSSR count). The van der Waals surface area contributed by atoms with Gasteiger partial charge in [-0.25, -0.2) is 4.79 Å². The van der Waals surface area contributed by atoms with Crippen molar-refractivity contribution in [2.45, 2.75) is 25.8 Å². The van der Waals surface area contributed by atoms with E-state index >= 15 is 0 Å².